The van der Waals surface area contributed by atoms with Crippen LogP contribution in [0.4, 0.5) is 10.5 Å². The van der Waals surface area contributed by atoms with Crippen molar-refractivity contribution in [2.75, 3.05) is 20.2 Å². The van der Waals surface area contributed by atoms with Crippen molar-refractivity contribution in [1.29, 1.82) is 0 Å². The smallest absolute Gasteiger partial charge is 0.407 e. The fraction of sp³-hybridized carbons (Fsp3) is 0.556. The van der Waals surface area contributed by atoms with E-state index in [0.717, 1.165) is 0 Å². The quantitative estimate of drug-likeness (QED) is 0.636. The van der Waals surface area contributed by atoms with Gasteiger partial charge in [-0.05, 0) is 45.7 Å². The number of rotatable bonds is 4. The maximum atomic E-state index is 12.9. The molecule has 1 fully saturated rings. The highest BCUT2D eigenvalue weighted by molar-refractivity contribution is 5.98. The Hall–Kier alpha value is -2.84. The van der Waals surface area contributed by atoms with Crippen LogP contribution in [-0.4, -0.2) is 53.7 Å². The number of methoxy groups -OCH3 is 1. The monoisotopic (exact) mass is 379 g/mol. The van der Waals surface area contributed by atoms with Crippen LogP contribution in [0.5, 0.6) is 5.75 Å². The van der Waals surface area contributed by atoms with Crippen LogP contribution in [0.3, 0.4) is 0 Å². The molecule has 1 N–H and O–H groups in total. The number of carbonyl (C=O) groups is 2. The molecule has 0 saturated carbocycles. The Morgan fingerprint density at radius 2 is 2.04 bits per heavy atom. The number of hydrogen-bond donors (Lipinski definition) is 1. The highest BCUT2D eigenvalue weighted by Gasteiger charge is 2.30. The second-order valence-electron chi connectivity index (χ2n) is 7.38. The van der Waals surface area contributed by atoms with Gasteiger partial charge in [0.25, 0.3) is 11.6 Å². The van der Waals surface area contributed by atoms with Gasteiger partial charge in [-0.2, -0.15) is 0 Å². The molecule has 2 amide bonds. The molecule has 148 valence electrons. The number of amides is 2. The summed E-state index contributed by atoms with van der Waals surface area (Å²) in [5.41, 5.74) is -0.921. The number of benzene rings is 1. The van der Waals surface area contributed by atoms with Gasteiger partial charge in [0, 0.05) is 25.2 Å². The van der Waals surface area contributed by atoms with Crippen molar-refractivity contribution in [3.05, 3.63) is 33.9 Å². The highest BCUT2D eigenvalue weighted by atomic mass is 16.6. The molecule has 27 heavy (non-hydrogen) atoms. The van der Waals surface area contributed by atoms with Crippen molar-refractivity contribution in [2.45, 2.75) is 45.3 Å². The van der Waals surface area contributed by atoms with Crippen LogP contribution in [0.25, 0.3) is 0 Å². The number of hydrogen-bond acceptors (Lipinski definition) is 6. The van der Waals surface area contributed by atoms with E-state index in [0.29, 0.717) is 25.1 Å². The third-order valence-corrected chi connectivity index (χ3v) is 4.06. The van der Waals surface area contributed by atoms with Crippen LogP contribution in [0.15, 0.2) is 18.2 Å². The molecule has 0 aliphatic carbocycles. The molecular formula is C18H25N3O6. The number of alkyl carbamates (subject to hydrolysis) is 1. The fourth-order valence-electron chi connectivity index (χ4n) is 2.90. The molecule has 1 atom stereocenters. The van der Waals surface area contributed by atoms with Crippen molar-refractivity contribution in [2.24, 2.45) is 0 Å². The summed E-state index contributed by atoms with van der Waals surface area (Å²) in [5.74, 6) is -0.0966. The number of piperidine rings is 1. The summed E-state index contributed by atoms with van der Waals surface area (Å²) in [7, 11) is 1.43. The number of nitro groups is 1. The molecule has 9 heteroatoms. The summed E-state index contributed by atoms with van der Waals surface area (Å²) in [5, 5.41) is 14.0. The number of ether oxygens (including phenoxy) is 2. The first-order chi connectivity index (χ1) is 12.6. The molecule has 1 aliphatic heterocycles. The summed E-state index contributed by atoms with van der Waals surface area (Å²) in [6.45, 7) is 6.02. The summed E-state index contributed by atoms with van der Waals surface area (Å²) < 4.78 is 10.3. The third kappa shape index (κ3) is 5.57. The lowest BCUT2D eigenvalue weighted by Gasteiger charge is -2.33. The van der Waals surface area contributed by atoms with E-state index < -0.39 is 22.5 Å². The van der Waals surface area contributed by atoms with Gasteiger partial charge >= 0.3 is 6.09 Å². The van der Waals surface area contributed by atoms with E-state index in [9.17, 15) is 19.7 Å². The summed E-state index contributed by atoms with van der Waals surface area (Å²) in [6, 6.07) is 3.79. The average molecular weight is 379 g/mol. The van der Waals surface area contributed by atoms with Crippen LogP contribution in [-0.2, 0) is 4.74 Å². The standard InChI is InChI=1S/C18H25N3O6/c1-18(2,3)27-17(23)19-12-6-5-9-20(11-12)16(22)14-10-13(26-4)7-8-15(14)21(24)25/h7-8,10,12H,5-6,9,11H2,1-4H3,(H,19,23). The topological polar surface area (TPSA) is 111 Å². The van der Waals surface area contributed by atoms with Crippen LogP contribution in [0, 0.1) is 10.1 Å². The molecule has 1 aromatic carbocycles. The molecule has 1 aromatic rings. The van der Waals surface area contributed by atoms with Gasteiger partial charge in [-0.3, -0.25) is 14.9 Å². The maximum absolute atomic E-state index is 12.9. The lowest BCUT2D eigenvalue weighted by atomic mass is 10.0. The Bertz CT molecular complexity index is 728. The zero-order valence-electron chi connectivity index (χ0n) is 16.0. The zero-order valence-corrected chi connectivity index (χ0v) is 16.0. The largest absolute Gasteiger partial charge is 0.497 e. The van der Waals surface area contributed by atoms with Gasteiger partial charge in [-0.1, -0.05) is 0 Å². The van der Waals surface area contributed by atoms with Crippen molar-refractivity contribution < 1.29 is 24.0 Å². The number of likely N-dealkylation sites (tertiary alicyclic amines) is 1. The van der Waals surface area contributed by atoms with Gasteiger partial charge in [0.2, 0.25) is 0 Å². The van der Waals surface area contributed by atoms with Crippen molar-refractivity contribution in [1.82, 2.24) is 10.2 Å². The van der Waals surface area contributed by atoms with Crippen molar-refractivity contribution in [3.8, 4) is 5.75 Å². The molecule has 0 radical (unpaired) electrons. The van der Waals surface area contributed by atoms with E-state index in [-0.39, 0.29) is 23.8 Å². The number of nitro benzene ring substituents is 1. The second kappa shape index (κ2) is 8.24. The highest BCUT2D eigenvalue weighted by Crippen LogP contribution is 2.26. The van der Waals surface area contributed by atoms with Gasteiger partial charge in [-0.15, -0.1) is 0 Å². The minimum atomic E-state index is -0.616. The zero-order chi connectivity index (χ0) is 20.2. The summed E-state index contributed by atoms with van der Waals surface area (Å²) >= 11 is 0. The molecule has 1 saturated heterocycles. The van der Waals surface area contributed by atoms with E-state index in [2.05, 4.69) is 5.32 Å². The predicted octanol–water partition coefficient (Wildman–Crippen LogP) is 2.73. The molecule has 1 unspecified atom stereocenters. The average Bonchev–Trinajstić information content (AvgIpc) is 2.58. The first kappa shape index (κ1) is 20.5. The second-order valence-corrected chi connectivity index (χ2v) is 7.38. The van der Waals surface area contributed by atoms with Crippen LogP contribution in [0.2, 0.25) is 0 Å². The van der Waals surface area contributed by atoms with Gasteiger partial charge < -0.3 is 19.7 Å². The first-order valence-corrected chi connectivity index (χ1v) is 8.72. The summed E-state index contributed by atoms with van der Waals surface area (Å²) in [6.07, 6.45) is 0.821. The van der Waals surface area contributed by atoms with E-state index in [4.69, 9.17) is 9.47 Å². The van der Waals surface area contributed by atoms with E-state index >= 15 is 0 Å². The molecule has 0 aromatic heterocycles. The predicted molar refractivity (Wildman–Crippen MR) is 97.9 cm³/mol. The molecule has 1 aliphatic rings. The van der Waals surface area contributed by atoms with Gasteiger partial charge in [0.05, 0.1) is 12.0 Å². The fourth-order valence-corrected chi connectivity index (χ4v) is 2.90. The van der Waals surface area contributed by atoms with Crippen molar-refractivity contribution >= 4 is 17.7 Å². The number of carbonyl (C=O) groups excluding carboxylic acids is 2. The minimum absolute atomic E-state index is 0.0303. The third-order valence-electron chi connectivity index (χ3n) is 4.06. The molecule has 0 bridgehead atoms. The van der Waals surface area contributed by atoms with E-state index in [1.807, 2.05) is 0 Å². The molecule has 2 rings (SSSR count). The molecular weight excluding hydrogens is 354 g/mol. The minimum Gasteiger partial charge on any atom is -0.497 e. The van der Waals surface area contributed by atoms with Gasteiger partial charge in [0.1, 0.15) is 16.9 Å². The van der Waals surface area contributed by atoms with Crippen LogP contribution < -0.4 is 10.1 Å². The lowest BCUT2D eigenvalue weighted by molar-refractivity contribution is -0.385. The number of nitrogens with zero attached hydrogens (tertiary/aromatic N) is 2. The SMILES string of the molecule is COc1ccc([N+](=O)[O-])c(C(=O)N2CCCC(NC(=O)OC(C)(C)C)C2)c1. The maximum Gasteiger partial charge on any atom is 0.407 e. The van der Waals surface area contributed by atoms with E-state index in [1.54, 1.807) is 20.8 Å². The Morgan fingerprint density at radius 1 is 1.33 bits per heavy atom. The Balaban J connectivity index is 2.13. The molecule has 9 nitrogen and oxygen atoms in total. The normalized spacial score (nSPS) is 17.2. The molecule has 0 spiro atoms. The van der Waals surface area contributed by atoms with Crippen molar-refractivity contribution in [3.63, 3.8) is 0 Å². The Kier molecular flexibility index (Phi) is 6.24. The lowest BCUT2D eigenvalue weighted by Crippen LogP contribution is -2.50. The molecule has 1 heterocycles. The van der Waals surface area contributed by atoms with E-state index in [1.165, 1.54) is 30.2 Å². The Morgan fingerprint density at radius 3 is 2.63 bits per heavy atom. The van der Waals surface area contributed by atoms with Crippen LogP contribution >= 0.6 is 0 Å². The van der Waals surface area contributed by atoms with Gasteiger partial charge in [0.15, 0.2) is 0 Å². The first-order valence-electron chi connectivity index (χ1n) is 8.72. The van der Waals surface area contributed by atoms with Crippen LogP contribution in [0.1, 0.15) is 44.0 Å². The number of nitrogens with one attached hydrogen (secondary N) is 1. The summed E-state index contributed by atoms with van der Waals surface area (Å²) in [4.78, 5) is 37.0. The Labute approximate surface area is 157 Å². The van der Waals surface area contributed by atoms with Gasteiger partial charge in [-0.25, -0.2) is 4.79 Å².